The van der Waals surface area contributed by atoms with E-state index in [0.717, 1.165) is 30.9 Å². The van der Waals surface area contributed by atoms with Gasteiger partial charge in [-0.1, -0.05) is 0 Å². The maximum atomic E-state index is 10.7. The van der Waals surface area contributed by atoms with Crippen LogP contribution in [-0.2, 0) is 13.1 Å². The molecule has 6 heteroatoms. The number of carbonyl (C=O) groups is 1. The molecule has 1 aliphatic heterocycles. The number of benzene rings is 1. The van der Waals surface area contributed by atoms with E-state index in [0.29, 0.717) is 17.7 Å². The Kier molecular flexibility index (Phi) is 2.72. The van der Waals surface area contributed by atoms with Gasteiger partial charge in [0.1, 0.15) is 18.7 Å². The van der Waals surface area contributed by atoms with Crippen molar-refractivity contribution in [2.24, 2.45) is 0 Å². The summed E-state index contributed by atoms with van der Waals surface area (Å²) < 4.78 is 2.00. The molecule has 0 N–H and O–H groups in total. The SMILES string of the molecule is N#Cc1cc(C=O)ccc1N1CCn2cnnc2C1. The minimum atomic E-state index is 0.512. The summed E-state index contributed by atoms with van der Waals surface area (Å²) >= 11 is 0. The zero-order valence-electron chi connectivity index (χ0n) is 10.2. The average molecular weight is 253 g/mol. The number of carbonyl (C=O) groups excluding carboxylic acids is 1. The number of rotatable bonds is 2. The van der Waals surface area contributed by atoms with Gasteiger partial charge in [-0.15, -0.1) is 10.2 Å². The first-order valence-electron chi connectivity index (χ1n) is 5.93. The molecule has 94 valence electrons. The van der Waals surface area contributed by atoms with Crippen LogP contribution in [0.3, 0.4) is 0 Å². The first-order valence-corrected chi connectivity index (χ1v) is 5.93. The van der Waals surface area contributed by atoms with Crippen molar-refractivity contribution in [3.63, 3.8) is 0 Å². The minimum absolute atomic E-state index is 0.512. The fourth-order valence-electron chi connectivity index (χ4n) is 2.26. The largest absolute Gasteiger partial charge is 0.361 e. The highest BCUT2D eigenvalue weighted by atomic mass is 16.1. The Bertz CT molecular complexity index is 670. The standard InChI is InChI=1S/C13H11N5O/c14-6-11-5-10(8-19)1-2-12(11)17-3-4-18-9-15-16-13(18)7-17/h1-2,5,8-9H,3-4,7H2. The lowest BCUT2D eigenvalue weighted by atomic mass is 10.1. The van der Waals surface area contributed by atoms with E-state index in [1.807, 2.05) is 10.6 Å². The summed E-state index contributed by atoms with van der Waals surface area (Å²) in [5.41, 5.74) is 1.86. The van der Waals surface area contributed by atoms with Crippen LogP contribution in [0, 0.1) is 11.3 Å². The van der Waals surface area contributed by atoms with E-state index in [1.165, 1.54) is 0 Å². The van der Waals surface area contributed by atoms with Gasteiger partial charge < -0.3 is 9.47 Å². The molecule has 1 aromatic heterocycles. The molecule has 0 fully saturated rings. The highest BCUT2D eigenvalue weighted by Gasteiger charge is 2.19. The van der Waals surface area contributed by atoms with E-state index < -0.39 is 0 Å². The highest BCUT2D eigenvalue weighted by molar-refractivity contribution is 5.78. The lowest BCUT2D eigenvalue weighted by Crippen LogP contribution is -2.34. The Balaban J connectivity index is 1.96. The predicted molar refractivity (Wildman–Crippen MR) is 67.6 cm³/mol. The normalized spacial score (nSPS) is 13.7. The molecular weight excluding hydrogens is 242 g/mol. The van der Waals surface area contributed by atoms with Crippen LogP contribution in [0.4, 0.5) is 5.69 Å². The van der Waals surface area contributed by atoms with Crippen LogP contribution in [0.5, 0.6) is 0 Å². The van der Waals surface area contributed by atoms with Crippen molar-refractivity contribution < 1.29 is 4.79 Å². The lowest BCUT2D eigenvalue weighted by Gasteiger charge is -2.29. The van der Waals surface area contributed by atoms with Gasteiger partial charge in [-0.05, 0) is 18.2 Å². The number of aromatic nitrogens is 3. The van der Waals surface area contributed by atoms with Gasteiger partial charge in [-0.2, -0.15) is 5.26 Å². The number of nitriles is 1. The van der Waals surface area contributed by atoms with Crippen LogP contribution < -0.4 is 4.90 Å². The predicted octanol–water partition coefficient (Wildman–Crippen LogP) is 0.982. The zero-order valence-corrected chi connectivity index (χ0v) is 10.2. The van der Waals surface area contributed by atoms with E-state index in [4.69, 9.17) is 0 Å². The molecule has 0 unspecified atom stereocenters. The molecule has 6 nitrogen and oxygen atoms in total. The van der Waals surface area contributed by atoms with Gasteiger partial charge in [0.2, 0.25) is 0 Å². The molecule has 0 aliphatic carbocycles. The van der Waals surface area contributed by atoms with Crippen LogP contribution in [0.1, 0.15) is 21.7 Å². The second kappa shape index (κ2) is 4.53. The monoisotopic (exact) mass is 253 g/mol. The van der Waals surface area contributed by atoms with Crippen molar-refractivity contribution >= 4 is 12.0 Å². The molecule has 0 saturated heterocycles. The van der Waals surface area contributed by atoms with Crippen LogP contribution in [0.25, 0.3) is 0 Å². The molecule has 1 aliphatic rings. The fraction of sp³-hybridized carbons (Fsp3) is 0.231. The quantitative estimate of drug-likeness (QED) is 0.746. The number of nitrogens with zero attached hydrogens (tertiary/aromatic N) is 5. The molecule has 2 aromatic rings. The van der Waals surface area contributed by atoms with Crippen molar-refractivity contribution in [3.05, 3.63) is 41.5 Å². The zero-order chi connectivity index (χ0) is 13.2. The molecule has 2 heterocycles. The van der Waals surface area contributed by atoms with Crippen molar-refractivity contribution in [2.45, 2.75) is 13.1 Å². The molecule has 0 saturated carbocycles. The molecule has 19 heavy (non-hydrogen) atoms. The van der Waals surface area contributed by atoms with Gasteiger partial charge in [0.15, 0.2) is 5.82 Å². The van der Waals surface area contributed by atoms with Crippen molar-refractivity contribution in [1.29, 1.82) is 5.26 Å². The number of fused-ring (bicyclic) bond motifs is 1. The number of hydrogen-bond acceptors (Lipinski definition) is 5. The highest BCUT2D eigenvalue weighted by Crippen LogP contribution is 2.24. The minimum Gasteiger partial charge on any atom is -0.361 e. The third kappa shape index (κ3) is 1.95. The van der Waals surface area contributed by atoms with Crippen LogP contribution in [0.2, 0.25) is 0 Å². The van der Waals surface area contributed by atoms with Gasteiger partial charge in [-0.3, -0.25) is 4.79 Å². The van der Waals surface area contributed by atoms with Gasteiger partial charge in [-0.25, -0.2) is 0 Å². The Morgan fingerprint density at radius 3 is 3.05 bits per heavy atom. The van der Waals surface area contributed by atoms with Crippen LogP contribution in [-0.4, -0.2) is 27.6 Å². The van der Waals surface area contributed by atoms with E-state index in [1.54, 1.807) is 18.5 Å². The molecule has 1 aromatic carbocycles. The number of hydrogen-bond donors (Lipinski definition) is 0. The summed E-state index contributed by atoms with van der Waals surface area (Å²) in [4.78, 5) is 12.8. The van der Waals surface area contributed by atoms with Crippen LogP contribution >= 0.6 is 0 Å². The summed E-state index contributed by atoms with van der Waals surface area (Å²) in [7, 11) is 0. The summed E-state index contributed by atoms with van der Waals surface area (Å²) in [6.45, 7) is 2.21. The Labute approximate surface area is 109 Å². The smallest absolute Gasteiger partial charge is 0.152 e. The second-order valence-corrected chi connectivity index (χ2v) is 4.37. The third-order valence-corrected chi connectivity index (χ3v) is 3.26. The molecule has 0 amide bonds. The molecule has 0 atom stereocenters. The molecule has 0 spiro atoms. The van der Waals surface area contributed by atoms with E-state index in [-0.39, 0.29) is 0 Å². The van der Waals surface area contributed by atoms with Gasteiger partial charge in [0.05, 0.1) is 17.8 Å². The van der Waals surface area contributed by atoms with E-state index in [9.17, 15) is 10.1 Å². The molecular formula is C13H11N5O. The van der Waals surface area contributed by atoms with Crippen molar-refractivity contribution in [2.75, 3.05) is 11.4 Å². The topological polar surface area (TPSA) is 74.8 Å². The van der Waals surface area contributed by atoms with Gasteiger partial charge in [0.25, 0.3) is 0 Å². The molecule has 0 bridgehead atoms. The van der Waals surface area contributed by atoms with E-state index in [2.05, 4.69) is 21.2 Å². The summed E-state index contributed by atoms with van der Waals surface area (Å²) in [6.07, 6.45) is 2.46. The summed E-state index contributed by atoms with van der Waals surface area (Å²) in [5.74, 6) is 0.884. The first-order chi connectivity index (χ1) is 9.31. The number of aldehydes is 1. The van der Waals surface area contributed by atoms with Gasteiger partial charge in [0, 0.05) is 18.7 Å². The fourth-order valence-corrected chi connectivity index (χ4v) is 2.26. The lowest BCUT2D eigenvalue weighted by molar-refractivity contribution is 0.112. The van der Waals surface area contributed by atoms with Crippen molar-refractivity contribution in [1.82, 2.24) is 14.8 Å². The maximum Gasteiger partial charge on any atom is 0.152 e. The van der Waals surface area contributed by atoms with Crippen LogP contribution in [0.15, 0.2) is 24.5 Å². The number of anilines is 1. The average Bonchev–Trinajstić information content (AvgIpc) is 2.93. The maximum absolute atomic E-state index is 10.7. The van der Waals surface area contributed by atoms with E-state index >= 15 is 0 Å². The Hall–Kier alpha value is -2.68. The Morgan fingerprint density at radius 2 is 2.26 bits per heavy atom. The third-order valence-electron chi connectivity index (χ3n) is 3.26. The summed E-state index contributed by atoms with van der Waals surface area (Å²) in [5, 5.41) is 17.1. The molecule has 0 radical (unpaired) electrons. The van der Waals surface area contributed by atoms with Gasteiger partial charge >= 0.3 is 0 Å². The second-order valence-electron chi connectivity index (χ2n) is 4.37. The summed E-state index contributed by atoms with van der Waals surface area (Å²) in [6, 6.07) is 7.29. The molecule has 3 rings (SSSR count). The van der Waals surface area contributed by atoms with Crippen molar-refractivity contribution in [3.8, 4) is 6.07 Å². The first kappa shape index (κ1) is 11.4. The Morgan fingerprint density at radius 1 is 1.37 bits per heavy atom.